The van der Waals surface area contributed by atoms with Gasteiger partial charge in [-0.2, -0.15) is 0 Å². The van der Waals surface area contributed by atoms with Crippen LogP contribution in [0.4, 0.5) is 17.3 Å². The molecule has 1 spiro atoms. The third-order valence-corrected chi connectivity index (χ3v) is 8.48. The molecule has 2 aliphatic heterocycles. The Morgan fingerprint density at radius 3 is 2.50 bits per heavy atom. The summed E-state index contributed by atoms with van der Waals surface area (Å²) in [5.74, 6) is 1.43. The molecule has 3 aromatic rings. The largest absolute Gasteiger partial charge is 0.395 e. The van der Waals surface area contributed by atoms with E-state index >= 15 is 0 Å². The van der Waals surface area contributed by atoms with E-state index in [0.29, 0.717) is 11.2 Å². The summed E-state index contributed by atoms with van der Waals surface area (Å²) < 4.78 is 5.24. The van der Waals surface area contributed by atoms with Crippen molar-refractivity contribution in [1.82, 2.24) is 25.0 Å². The molecule has 1 aliphatic carbocycles. The lowest BCUT2D eigenvalue weighted by molar-refractivity contribution is 0.322. The van der Waals surface area contributed by atoms with Crippen molar-refractivity contribution in [3.8, 4) is 17.1 Å². The lowest BCUT2D eigenvalue weighted by Gasteiger charge is -2.35. The Labute approximate surface area is 216 Å². The highest BCUT2D eigenvalue weighted by Gasteiger charge is 2.44. The van der Waals surface area contributed by atoms with Crippen LogP contribution < -0.4 is 14.5 Å². The van der Waals surface area contributed by atoms with Gasteiger partial charge in [0, 0.05) is 43.3 Å². The molecule has 0 amide bonds. The molecule has 4 heterocycles. The maximum atomic E-state index is 9.14. The van der Waals surface area contributed by atoms with Crippen LogP contribution in [0.2, 0.25) is 0 Å². The summed E-state index contributed by atoms with van der Waals surface area (Å²) >= 11 is 1.52. The number of aliphatic hydroxyl groups excluding tert-OH is 1. The summed E-state index contributed by atoms with van der Waals surface area (Å²) in [6.07, 6.45) is 9.64. The van der Waals surface area contributed by atoms with Gasteiger partial charge in [0.15, 0.2) is 0 Å². The van der Waals surface area contributed by atoms with E-state index in [2.05, 4.69) is 48.0 Å². The average molecular weight is 507 g/mol. The molecule has 0 radical (unpaired) electrons. The predicted molar refractivity (Wildman–Crippen MR) is 145 cm³/mol. The van der Waals surface area contributed by atoms with Gasteiger partial charge < -0.3 is 19.6 Å². The van der Waals surface area contributed by atoms with E-state index < -0.39 is 0 Å². The lowest BCUT2D eigenvalue weighted by Crippen LogP contribution is -2.35. The van der Waals surface area contributed by atoms with Gasteiger partial charge in [0.25, 0.3) is 0 Å². The minimum absolute atomic E-state index is 0.153. The van der Waals surface area contributed by atoms with Gasteiger partial charge in [-0.25, -0.2) is 14.6 Å². The van der Waals surface area contributed by atoms with Gasteiger partial charge in [0.05, 0.1) is 29.9 Å². The molecule has 0 unspecified atom stereocenters. The number of benzene rings is 1. The molecule has 36 heavy (non-hydrogen) atoms. The number of rotatable bonds is 8. The Hall–Kier alpha value is -2.85. The fourth-order valence-electron chi connectivity index (χ4n) is 5.35. The standard InChI is InChI=1S/C26H34N8OS/c1-19-16-21(28-25(27-19)33-10-2-3-11-33)22-18-34(31-29-22)23-5-4-20(30-36-15-14-35)17-24(23)32-12-8-26(6-7-26)9-13-32/h4-5,16-18,30,35H,2-3,6-15H2,1H3. The van der Waals surface area contributed by atoms with Crippen LogP contribution in [0.5, 0.6) is 0 Å². The minimum atomic E-state index is 0.153. The van der Waals surface area contributed by atoms with Gasteiger partial charge >= 0.3 is 0 Å². The minimum Gasteiger partial charge on any atom is -0.395 e. The molecular weight excluding hydrogens is 472 g/mol. The van der Waals surface area contributed by atoms with Crippen LogP contribution >= 0.6 is 11.9 Å². The molecule has 0 bridgehead atoms. The Kier molecular flexibility index (Phi) is 6.47. The Morgan fingerprint density at radius 1 is 0.944 bits per heavy atom. The summed E-state index contributed by atoms with van der Waals surface area (Å²) in [5.41, 5.74) is 6.32. The van der Waals surface area contributed by atoms with Crippen LogP contribution in [0, 0.1) is 12.3 Å². The highest BCUT2D eigenvalue weighted by Crippen LogP contribution is 2.54. The molecule has 6 rings (SSSR count). The van der Waals surface area contributed by atoms with Crippen molar-refractivity contribution in [2.24, 2.45) is 5.41 Å². The van der Waals surface area contributed by atoms with E-state index in [1.165, 1.54) is 50.5 Å². The van der Waals surface area contributed by atoms with Gasteiger partial charge in [-0.15, -0.1) is 5.10 Å². The van der Waals surface area contributed by atoms with Gasteiger partial charge in [-0.3, -0.25) is 0 Å². The van der Waals surface area contributed by atoms with Gasteiger partial charge in [-0.05, 0) is 75.1 Å². The first-order valence-electron chi connectivity index (χ1n) is 13.0. The molecule has 2 saturated heterocycles. The maximum Gasteiger partial charge on any atom is 0.226 e. The van der Waals surface area contributed by atoms with Crippen molar-refractivity contribution in [3.05, 3.63) is 36.2 Å². The van der Waals surface area contributed by atoms with Crippen LogP contribution in [0.15, 0.2) is 30.5 Å². The van der Waals surface area contributed by atoms with Crippen LogP contribution in [0.3, 0.4) is 0 Å². The van der Waals surface area contributed by atoms with Crippen molar-refractivity contribution in [1.29, 1.82) is 0 Å². The number of aliphatic hydroxyl groups is 1. The first-order valence-corrected chi connectivity index (χ1v) is 14.0. The lowest BCUT2D eigenvalue weighted by atomic mass is 9.93. The monoisotopic (exact) mass is 506 g/mol. The molecular formula is C26H34N8OS. The van der Waals surface area contributed by atoms with Crippen molar-refractivity contribution in [2.45, 2.75) is 45.4 Å². The molecule has 2 N–H and O–H groups in total. The molecule has 2 aromatic heterocycles. The summed E-state index contributed by atoms with van der Waals surface area (Å²) in [6.45, 7) is 6.30. The van der Waals surface area contributed by atoms with Crippen molar-refractivity contribution >= 4 is 29.3 Å². The van der Waals surface area contributed by atoms with Gasteiger partial charge in [0.2, 0.25) is 5.95 Å². The number of aromatic nitrogens is 5. The molecule has 9 nitrogen and oxygen atoms in total. The Bertz CT molecular complexity index is 1210. The predicted octanol–water partition coefficient (Wildman–Crippen LogP) is 4.07. The van der Waals surface area contributed by atoms with Crippen molar-refractivity contribution in [2.75, 3.05) is 53.1 Å². The second-order valence-corrected chi connectivity index (χ2v) is 11.2. The first-order chi connectivity index (χ1) is 17.6. The zero-order chi connectivity index (χ0) is 24.5. The second-order valence-electron chi connectivity index (χ2n) is 10.3. The maximum absolute atomic E-state index is 9.14. The number of anilines is 3. The quantitative estimate of drug-likeness (QED) is 0.346. The summed E-state index contributed by atoms with van der Waals surface area (Å²) in [7, 11) is 0. The number of hydrogen-bond donors (Lipinski definition) is 2. The average Bonchev–Trinajstić information content (AvgIpc) is 3.30. The van der Waals surface area contributed by atoms with Gasteiger partial charge in [0.1, 0.15) is 5.69 Å². The summed E-state index contributed by atoms with van der Waals surface area (Å²) in [5, 5.41) is 18.2. The third-order valence-electron chi connectivity index (χ3n) is 7.71. The van der Waals surface area contributed by atoms with E-state index in [0.717, 1.165) is 66.3 Å². The van der Waals surface area contributed by atoms with Crippen LogP contribution in [0.1, 0.15) is 44.2 Å². The Morgan fingerprint density at radius 2 is 1.75 bits per heavy atom. The van der Waals surface area contributed by atoms with Crippen molar-refractivity contribution in [3.63, 3.8) is 0 Å². The normalized spacial score (nSPS) is 18.7. The van der Waals surface area contributed by atoms with Crippen molar-refractivity contribution < 1.29 is 5.11 Å². The van der Waals surface area contributed by atoms with E-state index in [9.17, 15) is 0 Å². The molecule has 190 valence electrons. The molecule has 1 aromatic carbocycles. The van der Waals surface area contributed by atoms with Crippen LogP contribution in [-0.4, -0.2) is 68.6 Å². The van der Waals surface area contributed by atoms with E-state index in [1.807, 2.05) is 23.9 Å². The smallest absolute Gasteiger partial charge is 0.226 e. The van der Waals surface area contributed by atoms with E-state index in [-0.39, 0.29) is 6.61 Å². The number of nitrogens with zero attached hydrogens (tertiary/aromatic N) is 7. The molecule has 3 fully saturated rings. The molecule has 3 aliphatic rings. The summed E-state index contributed by atoms with van der Waals surface area (Å²) in [6, 6.07) is 8.36. The number of hydrogen-bond acceptors (Lipinski definition) is 9. The number of aryl methyl sites for hydroxylation is 1. The third kappa shape index (κ3) is 4.88. The molecule has 0 atom stereocenters. The zero-order valence-corrected chi connectivity index (χ0v) is 21.7. The van der Waals surface area contributed by atoms with E-state index in [1.54, 1.807) is 0 Å². The second kappa shape index (κ2) is 9.89. The van der Waals surface area contributed by atoms with E-state index in [4.69, 9.17) is 10.1 Å². The SMILES string of the molecule is Cc1cc(-c2cn(-c3ccc(NSCCO)cc3N3CCC4(CC3)CC4)nn2)nc(N2CCCC2)n1. The van der Waals surface area contributed by atoms with Gasteiger partial charge in [-0.1, -0.05) is 17.2 Å². The van der Waals surface area contributed by atoms with Crippen LogP contribution in [-0.2, 0) is 0 Å². The molecule has 1 saturated carbocycles. The highest BCUT2D eigenvalue weighted by atomic mass is 32.2. The summed E-state index contributed by atoms with van der Waals surface area (Å²) in [4.78, 5) is 14.2. The topological polar surface area (TPSA) is 95.2 Å². The van der Waals surface area contributed by atoms with Crippen LogP contribution in [0.25, 0.3) is 17.1 Å². The number of nitrogens with one attached hydrogen (secondary N) is 1. The molecule has 10 heteroatoms. The first kappa shape index (κ1) is 23.5. The highest BCUT2D eigenvalue weighted by molar-refractivity contribution is 8.00. The zero-order valence-electron chi connectivity index (χ0n) is 20.9. The number of piperidine rings is 1. The Balaban J connectivity index is 1.30. The fraction of sp³-hybridized carbons (Fsp3) is 0.538. The fourth-order valence-corrected chi connectivity index (χ4v) is 5.84.